The molecule has 0 saturated carbocycles. The quantitative estimate of drug-likeness (QED) is 0.881. The molecule has 1 fully saturated rings. The fraction of sp³-hybridized carbons (Fsp3) is 0.700. The number of nitrogens with one attached hydrogen (secondary N) is 1. The molecule has 1 aromatic rings. The van der Waals surface area contributed by atoms with E-state index in [0.29, 0.717) is 13.1 Å². The second-order valence-electron chi connectivity index (χ2n) is 4.38. The number of morpholine rings is 1. The highest BCUT2D eigenvalue weighted by Crippen LogP contribution is 2.13. The maximum atomic E-state index is 12.1. The first-order valence-electron chi connectivity index (χ1n) is 5.74. The Hall–Kier alpha value is -0.540. The van der Waals surface area contributed by atoms with Crippen molar-refractivity contribution in [3.8, 4) is 0 Å². The summed E-state index contributed by atoms with van der Waals surface area (Å²) in [7, 11) is -3.46. The van der Waals surface area contributed by atoms with Gasteiger partial charge in [-0.3, -0.25) is 0 Å². The number of nitrogens with zero attached hydrogens (tertiary/aromatic N) is 2. The number of thiazole rings is 1. The molecule has 1 saturated heterocycles. The van der Waals surface area contributed by atoms with Crippen molar-refractivity contribution in [3.63, 3.8) is 0 Å². The van der Waals surface area contributed by atoms with Gasteiger partial charge in [0.2, 0.25) is 0 Å². The predicted octanol–water partition coefficient (Wildman–Crippen LogP) is 0.587. The number of hydrogen-bond acceptors (Lipinski definition) is 5. The standard InChI is InChI=1S/C10H17N3O3S2/c1-8-4-13(5-9(2)16-8)18(14,15)12-3-10-6-17-7-11-10/h6-9,12H,3-5H2,1-2H3. The average Bonchev–Trinajstić information content (AvgIpc) is 2.78. The molecule has 102 valence electrons. The van der Waals surface area contributed by atoms with Gasteiger partial charge in [-0.25, -0.2) is 4.98 Å². The van der Waals surface area contributed by atoms with Gasteiger partial charge in [0.25, 0.3) is 10.2 Å². The lowest BCUT2D eigenvalue weighted by Gasteiger charge is -2.34. The fourth-order valence-corrected chi connectivity index (χ4v) is 3.79. The van der Waals surface area contributed by atoms with Gasteiger partial charge in [-0.05, 0) is 13.8 Å². The van der Waals surface area contributed by atoms with Crippen LogP contribution in [0.2, 0.25) is 0 Å². The van der Waals surface area contributed by atoms with E-state index >= 15 is 0 Å². The van der Waals surface area contributed by atoms with E-state index in [-0.39, 0.29) is 18.8 Å². The zero-order valence-corrected chi connectivity index (χ0v) is 12.0. The molecule has 0 aromatic carbocycles. The minimum atomic E-state index is -3.46. The zero-order valence-electron chi connectivity index (χ0n) is 10.4. The lowest BCUT2D eigenvalue weighted by Crippen LogP contribution is -2.51. The first-order chi connectivity index (χ1) is 8.47. The van der Waals surface area contributed by atoms with Crippen LogP contribution < -0.4 is 4.72 Å². The molecule has 0 bridgehead atoms. The highest BCUT2D eigenvalue weighted by molar-refractivity contribution is 7.87. The van der Waals surface area contributed by atoms with E-state index in [4.69, 9.17) is 4.74 Å². The molecule has 0 amide bonds. The summed E-state index contributed by atoms with van der Waals surface area (Å²) in [5.74, 6) is 0. The Labute approximate surface area is 111 Å². The number of hydrogen-bond donors (Lipinski definition) is 1. The summed E-state index contributed by atoms with van der Waals surface area (Å²) in [5.41, 5.74) is 2.42. The molecular formula is C10H17N3O3S2. The van der Waals surface area contributed by atoms with Crippen LogP contribution in [0, 0.1) is 0 Å². The average molecular weight is 291 g/mol. The van der Waals surface area contributed by atoms with Crippen LogP contribution in [0.1, 0.15) is 19.5 Å². The highest BCUT2D eigenvalue weighted by atomic mass is 32.2. The lowest BCUT2D eigenvalue weighted by atomic mass is 10.3. The van der Waals surface area contributed by atoms with Crippen LogP contribution in [0.25, 0.3) is 0 Å². The molecule has 8 heteroatoms. The van der Waals surface area contributed by atoms with E-state index < -0.39 is 10.2 Å². The Balaban J connectivity index is 1.97. The third kappa shape index (κ3) is 3.48. The Morgan fingerprint density at radius 2 is 2.17 bits per heavy atom. The van der Waals surface area contributed by atoms with Crippen LogP contribution in [0.5, 0.6) is 0 Å². The van der Waals surface area contributed by atoms with Crippen LogP contribution >= 0.6 is 11.3 Å². The normalized spacial score (nSPS) is 26.3. The third-order valence-corrected chi connectivity index (χ3v) is 4.77. The second-order valence-corrected chi connectivity index (χ2v) is 6.85. The summed E-state index contributed by atoms with van der Waals surface area (Å²) in [6.07, 6.45) is -0.158. The van der Waals surface area contributed by atoms with Crippen molar-refractivity contribution in [2.45, 2.75) is 32.6 Å². The van der Waals surface area contributed by atoms with Gasteiger partial charge in [0, 0.05) is 18.5 Å². The molecule has 2 atom stereocenters. The molecule has 0 aliphatic carbocycles. The van der Waals surface area contributed by atoms with Crippen LogP contribution in [0.4, 0.5) is 0 Å². The molecule has 2 heterocycles. The van der Waals surface area contributed by atoms with E-state index in [0.717, 1.165) is 5.69 Å². The summed E-state index contributed by atoms with van der Waals surface area (Å²) in [4.78, 5) is 4.04. The summed E-state index contributed by atoms with van der Waals surface area (Å²) in [6, 6.07) is 0. The molecule has 18 heavy (non-hydrogen) atoms. The molecular weight excluding hydrogens is 274 g/mol. The third-order valence-electron chi connectivity index (χ3n) is 2.65. The van der Waals surface area contributed by atoms with Crippen molar-refractivity contribution in [2.24, 2.45) is 0 Å². The molecule has 1 aliphatic heterocycles. The monoisotopic (exact) mass is 291 g/mol. The van der Waals surface area contributed by atoms with Crippen molar-refractivity contribution in [2.75, 3.05) is 13.1 Å². The molecule has 6 nitrogen and oxygen atoms in total. The van der Waals surface area contributed by atoms with Crippen molar-refractivity contribution in [3.05, 3.63) is 16.6 Å². The summed E-state index contributed by atoms with van der Waals surface area (Å²) >= 11 is 1.45. The molecule has 1 aromatic heterocycles. The maximum Gasteiger partial charge on any atom is 0.279 e. The molecule has 0 spiro atoms. The van der Waals surface area contributed by atoms with Crippen molar-refractivity contribution in [1.29, 1.82) is 0 Å². The van der Waals surface area contributed by atoms with E-state index in [1.807, 2.05) is 19.2 Å². The van der Waals surface area contributed by atoms with Crippen LogP contribution in [-0.4, -0.2) is 43.0 Å². The minimum absolute atomic E-state index is 0.0791. The zero-order chi connectivity index (χ0) is 13.2. The lowest BCUT2D eigenvalue weighted by molar-refractivity contribution is -0.0444. The van der Waals surface area contributed by atoms with E-state index in [1.54, 1.807) is 5.51 Å². The summed E-state index contributed by atoms with van der Waals surface area (Å²) in [6.45, 7) is 4.75. The van der Waals surface area contributed by atoms with Gasteiger partial charge in [-0.2, -0.15) is 17.4 Å². The summed E-state index contributed by atoms with van der Waals surface area (Å²) in [5, 5.41) is 1.83. The van der Waals surface area contributed by atoms with E-state index in [2.05, 4.69) is 9.71 Å². The smallest absolute Gasteiger partial charge is 0.279 e. The Bertz CT molecular complexity index is 465. The second kappa shape index (κ2) is 5.62. The van der Waals surface area contributed by atoms with Gasteiger partial charge < -0.3 is 4.74 Å². The van der Waals surface area contributed by atoms with Crippen molar-refractivity contribution in [1.82, 2.24) is 14.0 Å². The predicted molar refractivity (Wildman–Crippen MR) is 69.5 cm³/mol. The number of ether oxygens (including phenoxy) is 1. The summed E-state index contributed by atoms with van der Waals surface area (Å²) < 4.78 is 33.7. The molecule has 2 rings (SSSR count). The Morgan fingerprint density at radius 1 is 1.50 bits per heavy atom. The van der Waals surface area contributed by atoms with E-state index in [9.17, 15) is 8.42 Å². The number of aromatic nitrogens is 1. The van der Waals surface area contributed by atoms with E-state index in [1.165, 1.54) is 15.6 Å². The van der Waals surface area contributed by atoms with Crippen molar-refractivity contribution < 1.29 is 13.2 Å². The van der Waals surface area contributed by atoms with Crippen LogP contribution in [0.15, 0.2) is 10.9 Å². The van der Waals surface area contributed by atoms with Gasteiger partial charge in [-0.15, -0.1) is 11.3 Å². The van der Waals surface area contributed by atoms with Crippen molar-refractivity contribution >= 4 is 21.5 Å². The molecule has 2 unspecified atom stereocenters. The molecule has 1 N–H and O–H groups in total. The Morgan fingerprint density at radius 3 is 2.72 bits per heavy atom. The fourth-order valence-electron chi connectivity index (χ4n) is 1.91. The van der Waals surface area contributed by atoms with Gasteiger partial charge in [0.15, 0.2) is 0 Å². The Kier molecular flexibility index (Phi) is 4.33. The van der Waals surface area contributed by atoms with Gasteiger partial charge in [0.1, 0.15) is 0 Å². The largest absolute Gasteiger partial charge is 0.373 e. The van der Waals surface area contributed by atoms with Gasteiger partial charge in [0.05, 0.1) is 30.0 Å². The topological polar surface area (TPSA) is 71.5 Å². The van der Waals surface area contributed by atoms with Gasteiger partial charge >= 0.3 is 0 Å². The van der Waals surface area contributed by atoms with Crippen LogP contribution in [0.3, 0.4) is 0 Å². The number of rotatable bonds is 4. The first kappa shape index (κ1) is 13.9. The first-order valence-corrected chi connectivity index (χ1v) is 8.13. The van der Waals surface area contributed by atoms with Crippen LogP contribution in [-0.2, 0) is 21.5 Å². The molecule has 0 radical (unpaired) electrons. The minimum Gasteiger partial charge on any atom is -0.373 e. The van der Waals surface area contributed by atoms with Gasteiger partial charge in [-0.1, -0.05) is 0 Å². The molecule has 1 aliphatic rings. The maximum absolute atomic E-state index is 12.1. The SMILES string of the molecule is CC1CN(S(=O)(=O)NCc2cscn2)CC(C)O1. The highest BCUT2D eigenvalue weighted by Gasteiger charge is 2.30.